The molecule has 0 aliphatic carbocycles. The number of aliphatic hydroxyl groups excluding tert-OH is 1. The predicted molar refractivity (Wildman–Crippen MR) is 127 cm³/mol. The molecular formula is C27H28O6. The average molecular weight is 449 g/mol. The number of methoxy groups -OCH3 is 1. The van der Waals surface area contributed by atoms with Crippen LogP contribution in [0.2, 0.25) is 0 Å². The quantitative estimate of drug-likeness (QED) is 0.333. The van der Waals surface area contributed by atoms with Crippen LogP contribution < -0.4 is 18.9 Å². The van der Waals surface area contributed by atoms with Crippen molar-refractivity contribution in [3.63, 3.8) is 0 Å². The smallest absolute Gasteiger partial charge is 0.308 e. The number of hydrogen-bond donors (Lipinski definition) is 1. The molecule has 0 amide bonds. The SMILES string of the molecule is CCOc1cc(OC)ccc1C=CC(O)c1ccc(OC(C)=O)cc1OCc1ccccc1. The normalized spacial score (nSPS) is 11.8. The first-order valence-corrected chi connectivity index (χ1v) is 10.7. The summed E-state index contributed by atoms with van der Waals surface area (Å²) in [6, 6.07) is 20.1. The second-order valence-electron chi connectivity index (χ2n) is 7.21. The maximum atomic E-state index is 11.4. The molecule has 0 heterocycles. The van der Waals surface area contributed by atoms with E-state index < -0.39 is 12.1 Å². The van der Waals surface area contributed by atoms with Gasteiger partial charge in [-0.3, -0.25) is 4.79 Å². The summed E-state index contributed by atoms with van der Waals surface area (Å²) >= 11 is 0. The van der Waals surface area contributed by atoms with Crippen LogP contribution in [-0.2, 0) is 11.4 Å². The Morgan fingerprint density at radius 2 is 1.70 bits per heavy atom. The molecule has 0 aromatic heterocycles. The Kier molecular flexibility index (Phi) is 8.49. The standard InChI is InChI=1S/C27H28O6/c1-4-31-26-16-22(30-3)12-10-21(26)11-15-25(29)24-14-13-23(33-19(2)28)17-27(24)32-18-20-8-6-5-7-9-20/h5-17,25,29H,4,18H2,1-3H3. The van der Waals surface area contributed by atoms with Gasteiger partial charge in [-0.2, -0.15) is 0 Å². The molecule has 33 heavy (non-hydrogen) atoms. The molecule has 1 atom stereocenters. The van der Waals surface area contributed by atoms with Gasteiger partial charge in [-0.05, 0) is 36.8 Å². The van der Waals surface area contributed by atoms with Crippen molar-refractivity contribution in [2.75, 3.05) is 13.7 Å². The highest BCUT2D eigenvalue weighted by Gasteiger charge is 2.14. The van der Waals surface area contributed by atoms with Gasteiger partial charge in [0.15, 0.2) is 0 Å². The highest BCUT2D eigenvalue weighted by molar-refractivity contribution is 5.69. The van der Waals surface area contributed by atoms with E-state index in [9.17, 15) is 9.90 Å². The number of carbonyl (C=O) groups is 1. The van der Waals surface area contributed by atoms with Crippen LogP contribution in [0.5, 0.6) is 23.0 Å². The lowest BCUT2D eigenvalue weighted by Gasteiger charge is -2.16. The maximum absolute atomic E-state index is 11.4. The van der Waals surface area contributed by atoms with E-state index in [0.717, 1.165) is 11.1 Å². The molecule has 1 unspecified atom stereocenters. The third-order valence-electron chi connectivity index (χ3n) is 4.78. The van der Waals surface area contributed by atoms with Gasteiger partial charge in [0.2, 0.25) is 0 Å². The Bertz CT molecular complexity index is 1090. The molecule has 0 aliphatic rings. The Balaban J connectivity index is 1.86. The van der Waals surface area contributed by atoms with E-state index in [-0.39, 0.29) is 0 Å². The minimum Gasteiger partial charge on any atom is -0.497 e. The predicted octanol–water partition coefficient (Wildman–Crippen LogP) is 5.35. The van der Waals surface area contributed by atoms with Gasteiger partial charge in [0.1, 0.15) is 35.7 Å². The number of hydrogen-bond acceptors (Lipinski definition) is 6. The molecule has 0 fully saturated rings. The molecule has 6 nitrogen and oxygen atoms in total. The second kappa shape index (κ2) is 11.7. The first-order chi connectivity index (χ1) is 16.0. The van der Waals surface area contributed by atoms with E-state index in [1.807, 2.05) is 49.4 Å². The second-order valence-corrected chi connectivity index (χ2v) is 7.21. The van der Waals surface area contributed by atoms with E-state index in [2.05, 4.69) is 0 Å². The summed E-state index contributed by atoms with van der Waals surface area (Å²) in [5.41, 5.74) is 2.33. The van der Waals surface area contributed by atoms with Crippen LogP contribution in [-0.4, -0.2) is 24.8 Å². The summed E-state index contributed by atoms with van der Waals surface area (Å²) < 4.78 is 22.1. The first-order valence-electron chi connectivity index (χ1n) is 10.7. The lowest BCUT2D eigenvalue weighted by molar-refractivity contribution is -0.131. The van der Waals surface area contributed by atoms with Crippen molar-refractivity contribution in [2.45, 2.75) is 26.6 Å². The number of aliphatic hydroxyl groups is 1. The van der Waals surface area contributed by atoms with Crippen molar-refractivity contribution >= 4 is 12.0 Å². The minimum absolute atomic E-state index is 0.306. The van der Waals surface area contributed by atoms with Crippen LogP contribution in [0.4, 0.5) is 0 Å². The number of benzene rings is 3. The van der Waals surface area contributed by atoms with Gasteiger partial charge in [-0.25, -0.2) is 0 Å². The third kappa shape index (κ3) is 6.85. The van der Waals surface area contributed by atoms with Crippen LogP contribution in [0.1, 0.15) is 36.6 Å². The molecule has 0 radical (unpaired) electrons. The number of esters is 1. The van der Waals surface area contributed by atoms with Gasteiger partial charge >= 0.3 is 5.97 Å². The molecule has 3 aromatic carbocycles. The van der Waals surface area contributed by atoms with Crippen LogP contribution in [0.25, 0.3) is 6.08 Å². The molecule has 0 bridgehead atoms. The van der Waals surface area contributed by atoms with Crippen molar-refractivity contribution in [2.24, 2.45) is 0 Å². The molecular weight excluding hydrogens is 420 g/mol. The van der Waals surface area contributed by atoms with Crippen molar-refractivity contribution < 1.29 is 28.8 Å². The average Bonchev–Trinajstić information content (AvgIpc) is 2.82. The Morgan fingerprint density at radius 3 is 2.39 bits per heavy atom. The molecule has 6 heteroatoms. The van der Waals surface area contributed by atoms with Gasteiger partial charge in [-0.15, -0.1) is 0 Å². The van der Waals surface area contributed by atoms with Crippen LogP contribution in [0.3, 0.4) is 0 Å². The van der Waals surface area contributed by atoms with Crippen molar-refractivity contribution in [1.82, 2.24) is 0 Å². The third-order valence-corrected chi connectivity index (χ3v) is 4.78. The molecule has 3 aromatic rings. The minimum atomic E-state index is -0.960. The number of ether oxygens (including phenoxy) is 4. The van der Waals surface area contributed by atoms with Gasteiger partial charge in [-0.1, -0.05) is 42.5 Å². The van der Waals surface area contributed by atoms with E-state index in [0.29, 0.717) is 41.8 Å². The van der Waals surface area contributed by atoms with E-state index in [1.54, 1.807) is 43.5 Å². The van der Waals surface area contributed by atoms with Crippen LogP contribution >= 0.6 is 0 Å². The zero-order chi connectivity index (χ0) is 23.6. The molecule has 172 valence electrons. The fourth-order valence-corrected chi connectivity index (χ4v) is 3.21. The summed E-state index contributed by atoms with van der Waals surface area (Å²) in [6.07, 6.45) is 2.48. The zero-order valence-corrected chi connectivity index (χ0v) is 19.0. The number of rotatable bonds is 10. The van der Waals surface area contributed by atoms with Crippen molar-refractivity contribution in [1.29, 1.82) is 0 Å². The monoisotopic (exact) mass is 448 g/mol. The summed E-state index contributed by atoms with van der Waals surface area (Å²) in [6.45, 7) is 4.05. The molecule has 3 rings (SSSR count). The largest absolute Gasteiger partial charge is 0.497 e. The van der Waals surface area contributed by atoms with Gasteiger partial charge in [0.05, 0.1) is 13.7 Å². The van der Waals surface area contributed by atoms with Crippen molar-refractivity contribution in [3.05, 3.63) is 89.5 Å². The van der Waals surface area contributed by atoms with Gasteiger partial charge in [0.25, 0.3) is 0 Å². The molecule has 0 spiro atoms. The first kappa shape index (κ1) is 23.9. The topological polar surface area (TPSA) is 74.2 Å². The molecule has 1 N–H and O–H groups in total. The molecule has 0 saturated heterocycles. The number of carbonyl (C=O) groups excluding carboxylic acids is 1. The summed E-state index contributed by atoms with van der Waals surface area (Å²) in [7, 11) is 1.60. The van der Waals surface area contributed by atoms with Crippen molar-refractivity contribution in [3.8, 4) is 23.0 Å². The van der Waals surface area contributed by atoms with E-state index in [4.69, 9.17) is 18.9 Å². The Morgan fingerprint density at radius 1 is 0.970 bits per heavy atom. The Labute approximate surface area is 194 Å². The highest BCUT2D eigenvalue weighted by Crippen LogP contribution is 2.33. The molecule has 0 aliphatic heterocycles. The summed E-state index contributed by atoms with van der Waals surface area (Å²) in [5, 5.41) is 10.9. The fourth-order valence-electron chi connectivity index (χ4n) is 3.21. The van der Waals surface area contributed by atoms with Crippen LogP contribution in [0, 0.1) is 0 Å². The lowest BCUT2D eigenvalue weighted by atomic mass is 10.1. The Hall–Kier alpha value is -3.77. The summed E-state index contributed by atoms with van der Waals surface area (Å²) in [5.74, 6) is 1.69. The van der Waals surface area contributed by atoms with E-state index >= 15 is 0 Å². The van der Waals surface area contributed by atoms with Crippen LogP contribution in [0.15, 0.2) is 72.8 Å². The fraction of sp³-hybridized carbons (Fsp3) is 0.222. The molecule has 0 saturated carbocycles. The van der Waals surface area contributed by atoms with Gasteiger partial charge in [0, 0.05) is 30.2 Å². The van der Waals surface area contributed by atoms with Gasteiger partial charge < -0.3 is 24.1 Å². The van der Waals surface area contributed by atoms with E-state index in [1.165, 1.54) is 6.92 Å². The highest BCUT2D eigenvalue weighted by atomic mass is 16.5. The maximum Gasteiger partial charge on any atom is 0.308 e. The lowest BCUT2D eigenvalue weighted by Crippen LogP contribution is -2.05. The zero-order valence-electron chi connectivity index (χ0n) is 19.0. The summed E-state index contributed by atoms with van der Waals surface area (Å²) in [4.78, 5) is 11.4.